The van der Waals surface area contributed by atoms with Crippen molar-refractivity contribution >= 4 is 39.1 Å². The van der Waals surface area contributed by atoms with E-state index in [1.165, 1.54) is 0 Å². The summed E-state index contributed by atoms with van der Waals surface area (Å²) in [5.41, 5.74) is 3.09. The second-order valence-corrected chi connectivity index (χ2v) is 7.20. The third-order valence-electron chi connectivity index (χ3n) is 4.36. The number of aromatic hydroxyl groups is 1. The number of aryl methyl sites for hydroxylation is 2. The number of hydrogen-bond donors (Lipinski definition) is 2. The van der Waals surface area contributed by atoms with Gasteiger partial charge in [-0.05, 0) is 55.3 Å². The third-order valence-corrected chi connectivity index (χ3v) is 5.25. The molecule has 1 atom stereocenters. The summed E-state index contributed by atoms with van der Waals surface area (Å²) in [6, 6.07) is 10.7. The summed E-state index contributed by atoms with van der Waals surface area (Å²) in [5, 5.41) is 12.6. The van der Waals surface area contributed by atoms with E-state index in [1.807, 2.05) is 38.1 Å². The van der Waals surface area contributed by atoms with Crippen LogP contribution in [-0.4, -0.2) is 23.5 Å². The molecule has 5 nitrogen and oxygen atoms in total. The molecule has 130 valence electrons. The molecule has 1 aliphatic rings. The lowest BCUT2D eigenvalue weighted by Gasteiger charge is -2.18. The second-order valence-electron chi connectivity index (χ2n) is 6.35. The van der Waals surface area contributed by atoms with Crippen molar-refractivity contribution < 1.29 is 14.7 Å². The molecule has 2 amide bonds. The quantitative estimate of drug-likeness (QED) is 0.767. The molecule has 1 unspecified atom stereocenters. The Balaban J connectivity index is 1.73. The predicted molar refractivity (Wildman–Crippen MR) is 101 cm³/mol. The number of amides is 2. The predicted octanol–water partition coefficient (Wildman–Crippen LogP) is 3.76. The van der Waals surface area contributed by atoms with Crippen LogP contribution in [0.4, 0.5) is 11.4 Å². The highest BCUT2D eigenvalue weighted by molar-refractivity contribution is 9.10. The molecular weight excluding hydrogens is 384 g/mol. The second kappa shape index (κ2) is 6.88. The largest absolute Gasteiger partial charge is 0.506 e. The van der Waals surface area contributed by atoms with Crippen LogP contribution in [0.1, 0.15) is 17.5 Å². The minimum absolute atomic E-state index is 0.0260. The molecule has 0 radical (unpaired) electrons. The number of phenols is 1. The van der Waals surface area contributed by atoms with E-state index >= 15 is 0 Å². The van der Waals surface area contributed by atoms with E-state index in [2.05, 4.69) is 21.2 Å². The minimum Gasteiger partial charge on any atom is -0.506 e. The first kappa shape index (κ1) is 17.5. The van der Waals surface area contributed by atoms with Gasteiger partial charge in [-0.15, -0.1) is 0 Å². The molecule has 1 fully saturated rings. The molecule has 3 rings (SSSR count). The minimum atomic E-state index is -0.447. The SMILES string of the molecule is Cc1ccc(NC(=O)C2CC(=O)N(c3ccc(Br)c(C)c3)C2)c(O)c1. The summed E-state index contributed by atoms with van der Waals surface area (Å²) < 4.78 is 0.979. The Labute approximate surface area is 154 Å². The average Bonchev–Trinajstić information content (AvgIpc) is 2.95. The van der Waals surface area contributed by atoms with E-state index in [-0.39, 0.29) is 24.0 Å². The van der Waals surface area contributed by atoms with Crippen LogP contribution in [0.25, 0.3) is 0 Å². The van der Waals surface area contributed by atoms with Crippen molar-refractivity contribution in [2.75, 3.05) is 16.8 Å². The van der Waals surface area contributed by atoms with Crippen molar-refractivity contribution in [2.24, 2.45) is 5.92 Å². The van der Waals surface area contributed by atoms with E-state index < -0.39 is 5.92 Å². The summed E-state index contributed by atoms with van der Waals surface area (Å²) >= 11 is 3.45. The van der Waals surface area contributed by atoms with Crippen LogP contribution in [0.5, 0.6) is 5.75 Å². The van der Waals surface area contributed by atoms with Crippen LogP contribution in [0.3, 0.4) is 0 Å². The monoisotopic (exact) mass is 402 g/mol. The van der Waals surface area contributed by atoms with Crippen LogP contribution >= 0.6 is 15.9 Å². The Morgan fingerprint density at radius 3 is 2.68 bits per heavy atom. The van der Waals surface area contributed by atoms with Crippen LogP contribution in [0.2, 0.25) is 0 Å². The zero-order valence-corrected chi connectivity index (χ0v) is 15.6. The van der Waals surface area contributed by atoms with Gasteiger partial charge in [-0.3, -0.25) is 9.59 Å². The number of nitrogens with one attached hydrogen (secondary N) is 1. The number of nitrogens with zero attached hydrogens (tertiary/aromatic N) is 1. The number of halogens is 1. The summed E-state index contributed by atoms with van der Waals surface area (Å²) in [4.78, 5) is 26.5. The topological polar surface area (TPSA) is 69.6 Å². The lowest BCUT2D eigenvalue weighted by Crippen LogP contribution is -2.28. The first-order chi connectivity index (χ1) is 11.8. The zero-order valence-electron chi connectivity index (χ0n) is 14.0. The standard InChI is InChI=1S/C19H19BrN2O3/c1-11-3-6-16(17(23)7-11)21-19(25)13-9-18(24)22(10-13)14-4-5-15(20)12(2)8-14/h3-8,13,23H,9-10H2,1-2H3,(H,21,25). The maximum absolute atomic E-state index is 12.5. The normalized spacial score (nSPS) is 17.0. The smallest absolute Gasteiger partial charge is 0.229 e. The van der Waals surface area contributed by atoms with Gasteiger partial charge in [0.25, 0.3) is 0 Å². The highest BCUT2D eigenvalue weighted by Gasteiger charge is 2.35. The van der Waals surface area contributed by atoms with E-state index in [0.717, 1.165) is 21.3 Å². The van der Waals surface area contributed by atoms with Crippen molar-refractivity contribution in [1.29, 1.82) is 0 Å². The number of benzene rings is 2. The van der Waals surface area contributed by atoms with E-state index in [9.17, 15) is 14.7 Å². The van der Waals surface area contributed by atoms with Crippen LogP contribution in [0.15, 0.2) is 40.9 Å². The van der Waals surface area contributed by atoms with Gasteiger partial charge in [0.05, 0.1) is 11.6 Å². The van der Waals surface area contributed by atoms with Crippen LogP contribution in [0, 0.1) is 19.8 Å². The molecule has 6 heteroatoms. The highest BCUT2D eigenvalue weighted by Crippen LogP contribution is 2.30. The summed E-state index contributed by atoms with van der Waals surface area (Å²) in [6.07, 6.45) is 0.160. The third kappa shape index (κ3) is 3.69. The molecule has 1 aliphatic heterocycles. The van der Waals surface area contributed by atoms with Gasteiger partial charge in [0.2, 0.25) is 11.8 Å². The Kier molecular flexibility index (Phi) is 4.81. The summed E-state index contributed by atoms with van der Waals surface area (Å²) in [6.45, 7) is 4.15. The van der Waals surface area contributed by atoms with Gasteiger partial charge in [-0.2, -0.15) is 0 Å². The van der Waals surface area contributed by atoms with Crippen molar-refractivity contribution in [2.45, 2.75) is 20.3 Å². The van der Waals surface area contributed by atoms with Gasteiger partial charge in [0, 0.05) is 23.1 Å². The van der Waals surface area contributed by atoms with Gasteiger partial charge in [0.15, 0.2) is 0 Å². The molecule has 0 aromatic heterocycles. The summed E-state index contributed by atoms with van der Waals surface area (Å²) in [5.74, 6) is -0.756. The zero-order chi connectivity index (χ0) is 18.1. The number of anilines is 2. The Hall–Kier alpha value is -2.34. The molecule has 0 spiro atoms. The molecule has 0 bridgehead atoms. The summed E-state index contributed by atoms with van der Waals surface area (Å²) in [7, 11) is 0. The highest BCUT2D eigenvalue weighted by atomic mass is 79.9. The molecule has 2 N–H and O–H groups in total. The molecule has 25 heavy (non-hydrogen) atoms. The van der Waals surface area contributed by atoms with E-state index in [0.29, 0.717) is 12.2 Å². The fourth-order valence-corrected chi connectivity index (χ4v) is 3.16. The number of hydrogen-bond acceptors (Lipinski definition) is 3. The molecule has 0 aliphatic carbocycles. The van der Waals surface area contributed by atoms with Crippen LogP contribution in [-0.2, 0) is 9.59 Å². The van der Waals surface area contributed by atoms with Gasteiger partial charge >= 0.3 is 0 Å². The van der Waals surface area contributed by atoms with E-state index in [1.54, 1.807) is 17.0 Å². The van der Waals surface area contributed by atoms with Gasteiger partial charge < -0.3 is 15.3 Å². The number of carbonyl (C=O) groups is 2. The van der Waals surface area contributed by atoms with Gasteiger partial charge in [-0.1, -0.05) is 22.0 Å². The lowest BCUT2D eigenvalue weighted by molar-refractivity contribution is -0.122. The molecule has 2 aromatic rings. The Morgan fingerprint density at radius 2 is 2.00 bits per heavy atom. The molecule has 2 aromatic carbocycles. The number of phenolic OH excluding ortho intramolecular Hbond substituents is 1. The average molecular weight is 403 g/mol. The molecular formula is C19H19BrN2O3. The van der Waals surface area contributed by atoms with Crippen molar-refractivity contribution in [3.05, 3.63) is 52.0 Å². The maximum Gasteiger partial charge on any atom is 0.229 e. The van der Waals surface area contributed by atoms with Crippen molar-refractivity contribution in [3.63, 3.8) is 0 Å². The fourth-order valence-electron chi connectivity index (χ4n) is 2.91. The fraction of sp³-hybridized carbons (Fsp3) is 0.263. The maximum atomic E-state index is 12.5. The first-order valence-electron chi connectivity index (χ1n) is 8.02. The molecule has 0 saturated carbocycles. The number of rotatable bonds is 3. The molecule has 1 saturated heterocycles. The van der Waals surface area contributed by atoms with E-state index in [4.69, 9.17) is 0 Å². The molecule has 1 heterocycles. The lowest BCUT2D eigenvalue weighted by atomic mass is 10.1. The van der Waals surface area contributed by atoms with Crippen LogP contribution < -0.4 is 10.2 Å². The Bertz CT molecular complexity index is 851. The van der Waals surface area contributed by atoms with Gasteiger partial charge in [0.1, 0.15) is 5.75 Å². The van der Waals surface area contributed by atoms with Crippen molar-refractivity contribution in [1.82, 2.24) is 0 Å². The Morgan fingerprint density at radius 1 is 1.24 bits per heavy atom. The van der Waals surface area contributed by atoms with Crippen molar-refractivity contribution in [3.8, 4) is 5.75 Å². The van der Waals surface area contributed by atoms with Gasteiger partial charge in [-0.25, -0.2) is 0 Å². The number of carbonyl (C=O) groups excluding carboxylic acids is 2. The first-order valence-corrected chi connectivity index (χ1v) is 8.81.